The summed E-state index contributed by atoms with van der Waals surface area (Å²) in [5.41, 5.74) is 0.751. The summed E-state index contributed by atoms with van der Waals surface area (Å²) in [5.74, 6) is 0.266. The van der Waals surface area contributed by atoms with Gasteiger partial charge in [0.2, 0.25) is 5.91 Å². The van der Waals surface area contributed by atoms with Crippen LogP contribution in [0.4, 0.5) is 0 Å². The summed E-state index contributed by atoms with van der Waals surface area (Å²) >= 11 is 0. The van der Waals surface area contributed by atoms with Gasteiger partial charge in [-0.25, -0.2) is 0 Å². The number of phenols is 1. The molecule has 0 bridgehead atoms. The highest BCUT2D eigenvalue weighted by Gasteiger charge is 2.39. The van der Waals surface area contributed by atoms with Crippen molar-refractivity contribution in [2.45, 2.75) is 31.4 Å². The Morgan fingerprint density at radius 3 is 3.10 bits per heavy atom. The molecule has 2 aliphatic heterocycles. The van der Waals surface area contributed by atoms with Crippen molar-refractivity contribution in [2.24, 2.45) is 0 Å². The molecule has 21 heavy (non-hydrogen) atoms. The smallest absolute Gasteiger partial charge is 0.248 e. The Balaban J connectivity index is 1.72. The van der Waals surface area contributed by atoms with Gasteiger partial charge in [-0.1, -0.05) is 12.1 Å². The second-order valence-electron chi connectivity index (χ2n) is 5.99. The summed E-state index contributed by atoms with van der Waals surface area (Å²) in [6, 6.07) is 7.10. The molecule has 0 radical (unpaired) electrons. The van der Waals surface area contributed by atoms with Gasteiger partial charge in [0, 0.05) is 6.54 Å². The Morgan fingerprint density at radius 2 is 2.24 bits per heavy atom. The molecule has 2 N–H and O–H groups in total. The first-order valence-electron chi connectivity index (χ1n) is 7.57. The van der Waals surface area contributed by atoms with E-state index in [-0.39, 0.29) is 23.9 Å². The quantitative estimate of drug-likeness (QED) is 0.861. The zero-order valence-electron chi connectivity index (χ0n) is 12.2. The largest absolute Gasteiger partial charge is 0.508 e. The Hall–Kier alpha value is -1.59. The molecule has 114 valence electrons. The number of hydrogen-bond acceptors (Lipinski definition) is 4. The van der Waals surface area contributed by atoms with Crippen LogP contribution < -0.4 is 5.32 Å². The molecule has 2 aliphatic rings. The van der Waals surface area contributed by atoms with Crippen LogP contribution >= 0.6 is 0 Å². The average Bonchev–Trinajstić information content (AvgIpc) is 2.69. The van der Waals surface area contributed by atoms with Crippen LogP contribution in [0.5, 0.6) is 5.75 Å². The lowest BCUT2D eigenvalue weighted by atomic mass is 9.92. The maximum atomic E-state index is 12.1. The van der Waals surface area contributed by atoms with Gasteiger partial charge in [0.15, 0.2) is 0 Å². The van der Waals surface area contributed by atoms with E-state index in [4.69, 9.17) is 4.74 Å². The van der Waals surface area contributed by atoms with Crippen molar-refractivity contribution in [3.63, 3.8) is 0 Å². The number of nitrogens with zero attached hydrogens (tertiary/aromatic N) is 1. The lowest BCUT2D eigenvalue weighted by molar-refractivity contribution is -0.166. The van der Waals surface area contributed by atoms with Crippen LogP contribution in [0.15, 0.2) is 24.3 Å². The van der Waals surface area contributed by atoms with Gasteiger partial charge in [-0.3, -0.25) is 4.79 Å². The van der Waals surface area contributed by atoms with Crippen molar-refractivity contribution >= 4 is 5.91 Å². The van der Waals surface area contributed by atoms with Crippen LogP contribution in [0.3, 0.4) is 0 Å². The minimum Gasteiger partial charge on any atom is -0.508 e. The van der Waals surface area contributed by atoms with Crippen LogP contribution in [0.2, 0.25) is 0 Å². The molecule has 1 unspecified atom stereocenters. The molecule has 1 atom stereocenters. The van der Waals surface area contributed by atoms with E-state index in [0.717, 1.165) is 37.9 Å². The van der Waals surface area contributed by atoms with E-state index >= 15 is 0 Å². The second-order valence-corrected chi connectivity index (χ2v) is 5.99. The highest BCUT2D eigenvalue weighted by molar-refractivity contribution is 5.78. The van der Waals surface area contributed by atoms with Gasteiger partial charge in [-0.05, 0) is 50.0 Å². The van der Waals surface area contributed by atoms with Gasteiger partial charge in [-0.15, -0.1) is 0 Å². The highest BCUT2D eigenvalue weighted by atomic mass is 16.5. The summed E-state index contributed by atoms with van der Waals surface area (Å²) < 4.78 is 5.91. The molecule has 0 aromatic heterocycles. The predicted molar refractivity (Wildman–Crippen MR) is 78.9 cm³/mol. The number of hydrogen-bond donors (Lipinski definition) is 2. The predicted octanol–water partition coefficient (Wildman–Crippen LogP) is 1.26. The normalized spacial score (nSPS) is 26.9. The van der Waals surface area contributed by atoms with Crippen LogP contribution in [0, 0.1) is 0 Å². The van der Waals surface area contributed by atoms with Crippen molar-refractivity contribution in [3.8, 4) is 5.75 Å². The molecule has 3 rings (SSSR count). The zero-order valence-corrected chi connectivity index (χ0v) is 12.2. The maximum absolute atomic E-state index is 12.1. The number of benzene rings is 1. The summed E-state index contributed by atoms with van der Waals surface area (Å²) in [7, 11) is 0. The molecule has 2 fully saturated rings. The topological polar surface area (TPSA) is 61.8 Å². The molecule has 0 saturated carbocycles. The Morgan fingerprint density at radius 1 is 1.33 bits per heavy atom. The van der Waals surface area contributed by atoms with Gasteiger partial charge < -0.3 is 20.1 Å². The Labute approximate surface area is 124 Å². The molecule has 5 heteroatoms. The van der Waals surface area contributed by atoms with E-state index in [1.54, 1.807) is 18.2 Å². The van der Waals surface area contributed by atoms with E-state index in [2.05, 4.69) is 5.32 Å². The number of rotatable bonds is 2. The molecule has 1 amide bonds. The fourth-order valence-electron chi connectivity index (χ4n) is 3.21. The van der Waals surface area contributed by atoms with Crippen molar-refractivity contribution in [1.82, 2.24) is 10.2 Å². The molecule has 1 aromatic carbocycles. The van der Waals surface area contributed by atoms with E-state index in [9.17, 15) is 9.90 Å². The lowest BCUT2D eigenvalue weighted by Gasteiger charge is -2.42. The monoisotopic (exact) mass is 290 g/mol. The minimum absolute atomic E-state index is 0.0289. The summed E-state index contributed by atoms with van der Waals surface area (Å²) in [4.78, 5) is 14.0. The third kappa shape index (κ3) is 3.36. The van der Waals surface area contributed by atoms with Gasteiger partial charge in [-0.2, -0.15) is 0 Å². The average molecular weight is 290 g/mol. The van der Waals surface area contributed by atoms with E-state index < -0.39 is 0 Å². The molecule has 2 saturated heterocycles. The van der Waals surface area contributed by atoms with Gasteiger partial charge in [0.1, 0.15) is 12.4 Å². The van der Waals surface area contributed by atoms with E-state index in [1.165, 1.54) is 0 Å². The number of morpholine rings is 1. The number of phenolic OH excluding ortho intramolecular Hbond substituents is 1. The Kier molecular flexibility index (Phi) is 4.12. The van der Waals surface area contributed by atoms with Crippen molar-refractivity contribution in [3.05, 3.63) is 29.8 Å². The second kappa shape index (κ2) is 6.03. The van der Waals surface area contributed by atoms with Crippen LogP contribution in [0.25, 0.3) is 0 Å². The molecule has 1 aromatic rings. The van der Waals surface area contributed by atoms with E-state index in [1.807, 2.05) is 11.0 Å². The summed E-state index contributed by atoms with van der Waals surface area (Å²) in [5, 5.41) is 12.9. The zero-order chi connectivity index (χ0) is 14.7. The van der Waals surface area contributed by atoms with Crippen molar-refractivity contribution in [1.29, 1.82) is 0 Å². The lowest BCUT2D eigenvalue weighted by Crippen LogP contribution is -2.54. The maximum Gasteiger partial charge on any atom is 0.248 e. The SMILES string of the molecule is O=C1COC2(CCCNCC2)CN1Cc1cccc(O)c1. The number of carbonyl (C=O) groups excluding carboxylic acids is 1. The van der Waals surface area contributed by atoms with Gasteiger partial charge in [0.05, 0.1) is 12.1 Å². The molecule has 5 nitrogen and oxygen atoms in total. The molecule has 2 heterocycles. The van der Waals surface area contributed by atoms with Crippen LogP contribution in [0.1, 0.15) is 24.8 Å². The third-order valence-corrected chi connectivity index (χ3v) is 4.36. The van der Waals surface area contributed by atoms with Crippen LogP contribution in [-0.4, -0.2) is 47.8 Å². The first kappa shape index (κ1) is 14.4. The summed E-state index contributed by atoms with van der Waals surface area (Å²) in [6.07, 6.45) is 3.01. The minimum atomic E-state index is -0.200. The highest BCUT2D eigenvalue weighted by Crippen LogP contribution is 2.29. The molecule has 0 aliphatic carbocycles. The van der Waals surface area contributed by atoms with Gasteiger partial charge >= 0.3 is 0 Å². The first-order valence-corrected chi connectivity index (χ1v) is 7.57. The summed E-state index contributed by atoms with van der Waals surface area (Å²) in [6.45, 7) is 3.30. The Bertz CT molecular complexity index is 510. The number of amides is 1. The molecular formula is C16H22N2O3. The van der Waals surface area contributed by atoms with Crippen molar-refractivity contribution in [2.75, 3.05) is 26.2 Å². The number of aromatic hydroxyl groups is 1. The van der Waals surface area contributed by atoms with Gasteiger partial charge in [0.25, 0.3) is 0 Å². The molecule has 1 spiro atoms. The number of carbonyl (C=O) groups is 1. The standard InChI is InChI=1S/C16H22N2O3/c19-14-4-1-3-13(9-14)10-18-12-16(21-11-15(18)20)5-2-7-17-8-6-16/h1,3-4,9,17,19H,2,5-8,10-12H2. The number of ether oxygens (including phenoxy) is 1. The molecular weight excluding hydrogens is 268 g/mol. The fraction of sp³-hybridized carbons (Fsp3) is 0.562. The van der Waals surface area contributed by atoms with Crippen LogP contribution in [-0.2, 0) is 16.1 Å². The first-order chi connectivity index (χ1) is 10.2. The van der Waals surface area contributed by atoms with Crippen molar-refractivity contribution < 1.29 is 14.6 Å². The fourth-order valence-corrected chi connectivity index (χ4v) is 3.21. The third-order valence-electron chi connectivity index (χ3n) is 4.36. The number of nitrogens with one attached hydrogen (secondary N) is 1. The van der Waals surface area contributed by atoms with E-state index in [0.29, 0.717) is 13.1 Å².